The summed E-state index contributed by atoms with van der Waals surface area (Å²) in [6.07, 6.45) is 1.34. The van der Waals surface area contributed by atoms with Crippen LogP contribution in [0, 0.1) is 0 Å². The summed E-state index contributed by atoms with van der Waals surface area (Å²) in [4.78, 5) is 0. The van der Waals surface area contributed by atoms with Crippen LogP contribution in [0.3, 0.4) is 0 Å². The smallest absolute Gasteiger partial charge is 0.128 e. The topological polar surface area (TPSA) is 60.3 Å². The van der Waals surface area contributed by atoms with Gasteiger partial charge >= 0.3 is 0 Å². The van der Waals surface area contributed by atoms with Gasteiger partial charge in [-0.1, -0.05) is 38.1 Å². The van der Waals surface area contributed by atoms with Crippen molar-refractivity contribution in [2.24, 2.45) is 5.16 Å². The van der Waals surface area contributed by atoms with Crippen molar-refractivity contribution in [3.8, 4) is 17.2 Å². The summed E-state index contributed by atoms with van der Waals surface area (Å²) in [5, 5.41) is 11.7. The number of hydrogen-bond acceptors (Lipinski definition) is 5. The van der Waals surface area contributed by atoms with E-state index in [1.165, 1.54) is 6.21 Å². The number of hydrogen-bond donors (Lipinski definition) is 1. The van der Waals surface area contributed by atoms with Crippen LogP contribution in [0.15, 0.2) is 47.6 Å². The van der Waals surface area contributed by atoms with Gasteiger partial charge in [0.05, 0.1) is 13.3 Å². The van der Waals surface area contributed by atoms with Crippen molar-refractivity contribution in [2.75, 3.05) is 20.3 Å². The number of rotatable bonds is 7. The van der Waals surface area contributed by atoms with Gasteiger partial charge in [0.1, 0.15) is 30.5 Å². The second kappa shape index (κ2) is 8.42. The van der Waals surface area contributed by atoms with Gasteiger partial charge in [-0.05, 0) is 35.7 Å². The number of methoxy groups -OCH3 is 1. The molecule has 0 saturated heterocycles. The molecule has 0 amide bonds. The first-order valence-corrected chi connectivity index (χ1v) is 8.16. The minimum atomic E-state index is -0.0606. The van der Waals surface area contributed by atoms with E-state index in [9.17, 15) is 0 Å². The SMILES string of the molecule is COc1ccc(OCCOc2ccccc2C=NO)c(C(C)(C)C)c1. The lowest BCUT2D eigenvalue weighted by atomic mass is 9.86. The first-order chi connectivity index (χ1) is 12.0. The Labute approximate surface area is 148 Å². The second-order valence-electron chi connectivity index (χ2n) is 6.59. The number of para-hydroxylation sites is 1. The average Bonchev–Trinajstić information content (AvgIpc) is 2.59. The summed E-state index contributed by atoms with van der Waals surface area (Å²) in [7, 11) is 1.66. The molecule has 0 radical (unpaired) electrons. The molecule has 0 saturated carbocycles. The summed E-state index contributed by atoms with van der Waals surface area (Å²) in [5.74, 6) is 2.28. The van der Waals surface area contributed by atoms with Gasteiger partial charge in [-0.3, -0.25) is 0 Å². The lowest BCUT2D eigenvalue weighted by Crippen LogP contribution is -2.16. The van der Waals surface area contributed by atoms with Crippen LogP contribution in [0.1, 0.15) is 31.9 Å². The molecular formula is C20H25NO4. The molecular weight excluding hydrogens is 318 g/mol. The molecule has 2 aromatic rings. The van der Waals surface area contributed by atoms with Crippen LogP contribution < -0.4 is 14.2 Å². The predicted molar refractivity (Wildman–Crippen MR) is 98.5 cm³/mol. The molecule has 0 aliphatic carbocycles. The number of nitrogens with zero attached hydrogens (tertiary/aromatic N) is 1. The van der Waals surface area contributed by atoms with E-state index in [1.807, 2.05) is 42.5 Å². The molecule has 2 aromatic carbocycles. The molecule has 134 valence electrons. The standard InChI is InChI=1S/C20H25NO4/c1-20(2,3)17-13-16(23-4)9-10-19(17)25-12-11-24-18-8-6-5-7-15(18)14-21-22/h5-10,13-14,22H,11-12H2,1-4H3. The lowest BCUT2D eigenvalue weighted by molar-refractivity contribution is 0.214. The first kappa shape index (κ1) is 18.6. The molecule has 0 atom stereocenters. The zero-order valence-electron chi connectivity index (χ0n) is 15.2. The van der Waals surface area contributed by atoms with Gasteiger partial charge in [0.15, 0.2) is 0 Å². The maximum atomic E-state index is 8.69. The minimum Gasteiger partial charge on any atom is -0.497 e. The van der Waals surface area contributed by atoms with Crippen molar-refractivity contribution in [3.05, 3.63) is 53.6 Å². The summed E-state index contributed by atoms with van der Waals surface area (Å²) in [6, 6.07) is 13.2. The van der Waals surface area contributed by atoms with Crippen molar-refractivity contribution in [2.45, 2.75) is 26.2 Å². The van der Waals surface area contributed by atoms with Crippen LogP contribution in [-0.2, 0) is 5.41 Å². The maximum Gasteiger partial charge on any atom is 0.128 e. The number of ether oxygens (including phenoxy) is 3. The van der Waals surface area contributed by atoms with E-state index in [0.29, 0.717) is 24.5 Å². The Hall–Kier alpha value is -2.69. The van der Waals surface area contributed by atoms with E-state index in [4.69, 9.17) is 19.4 Å². The Morgan fingerprint density at radius 2 is 1.68 bits per heavy atom. The van der Waals surface area contributed by atoms with E-state index in [1.54, 1.807) is 7.11 Å². The van der Waals surface area contributed by atoms with Crippen molar-refractivity contribution in [1.82, 2.24) is 0 Å². The molecule has 0 aliphatic rings. The first-order valence-electron chi connectivity index (χ1n) is 8.16. The molecule has 2 rings (SSSR count). The van der Waals surface area contributed by atoms with Gasteiger partial charge in [-0.25, -0.2) is 0 Å². The predicted octanol–water partition coefficient (Wildman–Crippen LogP) is 4.26. The third-order valence-corrected chi connectivity index (χ3v) is 3.71. The summed E-state index contributed by atoms with van der Waals surface area (Å²) < 4.78 is 17.0. The highest BCUT2D eigenvalue weighted by Crippen LogP contribution is 2.34. The summed E-state index contributed by atoms with van der Waals surface area (Å²) >= 11 is 0. The average molecular weight is 343 g/mol. The zero-order chi connectivity index (χ0) is 18.3. The van der Waals surface area contributed by atoms with E-state index in [2.05, 4.69) is 25.9 Å². The third-order valence-electron chi connectivity index (χ3n) is 3.71. The van der Waals surface area contributed by atoms with Crippen molar-refractivity contribution in [1.29, 1.82) is 0 Å². The van der Waals surface area contributed by atoms with E-state index < -0.39 is 0 Å². The van der Waals surface area contributed by atoms with Crippen LogP contribution in [0.4, 0.5) is 0 Å². The minimum absolute atomic E-state index is 0.0606. The molecule has 0 aliphatic heterocycles. The van der Waals surface area contributed by atoms with Gasteiger partial charge in [0, 0.05) is 11.1 Å². The quantitative estimate of drug-likeness (QED) is 0.353. The molecule has 0 bridgehead atoms. The molecule has 0 spiro atoms. The number of oxime groups is 1. The van der Waals surface area contributed by atoms with Crippen LogP contribution in [0.5, 0.6) is 17.2 Å². The van der Waals surface area contributed by atoms with Gasteiger partial charge in [-0.2, -0.15) is 0 Å². The monoisotopic (exact) mass is 343 g/mol. The molecule has 1 N–H and O–H groups in total. The molecule has 0 aromatic heterocycles. The highest BCUT2D eigenvalue weighted by atomic mass is 16.5. The van der Waals surface area contributed by atoms with E-state index in [-0.39, 0.29) is 5.41 Å². The fourth-order valence-corrected chi connectivity index (χ4v) is 2.43. The highest BCUT2D eigenvalue weighted by molar-refractivity contribution is 5.82. The fraction of sp³-hybridized carbons (Fsp3) is 0.350. The molecule has 5 nitrogen and oxygen atoms in total. The van der Waals surface area contributed by atoms with Gasteiger partial charge < -0.3 is 19.4 Å². The Bertz CT molecular complexity index is 720. The van der Waals surface area contributed by atoms with E-state index in [0.717, 1.165) is 17.1 Å². The fourth-order valence-electron chi connectivity index (χ4n) is 2.43. The molecule has 5 heteroatoms. The van der Waals surface area contributed by atoms with Crippen LogP contribution in [-0.4, -0.2) is 31.7 Å². The second-order valence-corrected chi connectivity index (χ2v) is 6.59. The van der Waals surface area contributed by atoms with Crippen LogP contribution >= 0.6 is 0 Å². The Morgan fingerprint density at radius 1 is 1.00 bits per heavy atom. The molecule has 0 unspecified atom stereocenters. The van der Waals surface area contributed by atoms with Gasteiger partial charge in [0.2, 0.25) is 0 Å². The number of benzene rings is 2. The van der Waals surface area contributed by atoms with Gasteiger partial charge in [-0.15, -0.1) is 0 Å². The van der Waals surface area contributed by atoms with Crippen LogP contribution in [0.2, 0.25) is 0 Å². The third kappa shape index (κ3) is 5.14. The van der Waals surface area contributed by atoms with Gasteiger partial charge in [0.25, 0.3) is 0 Å². The summed E-state index contributed by atoms with van der Waals surface area (Å²) in [6.45, 7) is 7.19. The normalized spacial score (nSPS) is 11.5. The molecule has 0 heterocycles. The zero-order valence-corrected chi connectivity index (χ0v) is 15.2. The van der Waals surface area contributed by atoms with Crippen molar-refractivity contribution < 1.29 is 19.4 Å². The summed E-state index contributed by atoms with van der Waals surface area (Å²) in [5.41, 5.74) is 1.74. The maximum absolute atomic E-state index is 8.69. The highest BCUT2D eigenvalue weighted by Gasteiger charge is 2.20. The van der Waals surface area contributed by atoms with E-state index >= 15 is 0 Å². The largest absolute Gasteiger partial charge is 0.497 e. The molecule has 25 heavy (non-hydrogen) atoms. The Balaban J connectivity index is 2.01. The van der Waals surface area contributed by atoms with Crippen molar-refractivity contribution in [3.63, 3.8) is 0 Å². The Kier molecular flexibility index (Phi) is 6.28. The lowest BCUT2D eigenvalue weighted by Gasteiger charge is -2.23. The van der Waals surface area contributed by atoms with Crippen LogP contribution in [0.25, 0.3) is 0 Å². The Morgan fingerprint density at radius 3 is 2.32 bits per heavy atom. The van der Waals surface area contributed by atoms with Crippen molar-refractivity contribution >= 4 is 6.21 Å². The molecule has 0 fully saturated rings.